The van der Waals surface area contributed by atoms with Crippen molar-refractivity contribution < 1.29 is 18.7 Å². The molecule has 4 aromatic rings. The lowest BCUT2D eigenvalue weighted by Gasteiger charge is -2.14. The van der Waals surface area contributed by atoms with Crippen LogP contribution in [-0.4, -0.2) is 43.8 Å². The highest BCUT2D eigenvalue weighted by atomic mass is 35.5. The maximum absolute atomic E-state index is 13.2. The predicted octanol–water partition coefficient (Wildman–Crippen LogP) is 4.28. The molecule has 0 saturated heterocycles. The molecule has 0 aliphatic carbocycles. The lowest BCUT2D eigenvalue weighted by Crippen LogP contribution is -2.25. The summed E-state index contributed by atoms with van der Waals surface area (Å²) in [5.41, 5.74) is 3.03. The van der Waals surface area contributed by atoms with Gasteiger partial charge in [0.2, 0.25) is 0 Å². The zero-order chi connectivity index (χ0) is 24.7. The minimum atomic E-state index is -0.377. The number of aryl methyl sites for hydroxylation is 2. The fourth-order valence-corrected chi connectivity index (χ4v) is 4.88. The predicted molar refractivity (Wildman–Crippen MR) is 129 cm³/mol. The summed E-state index contributed by atoms with van der Waals surface area (Å²) < 4.78 is 10.8. The molecule has 0 spiro atoms. The van der Waals surface area contributed by atoms with E-state index < -0.39 is 0 Å². The molecule has 0 fully saturated rings. The van der Waals surface area contributed by atoms with Gasteiger partial charge in [-0.25, -0.2) is 15.0 Å². The standard InChI is InChI=1S/C23H19ClN6O4S/c1-11-4-13(14-5-19(24)26-8-17(14)33-3)15(7-25-11)20(31)29-23-28-16-9-30(10-18(16)35-23)22(32)21-27-6-12(2)34-21/h4-8H,9-10H2,1-3H3,(H,28,29,31). The number of methoxy groups -OCH3 is 1. The van der Waals surface area contributed by atoms with E-state index in [0.717, 1.165) is 16.3 Å². The van der Waals surface area contributed by atoms with E-state index in [0.29, 0.717) is 46.4 Å². The van der Waals surface area contributed by atoms with E-state index in [2.05, 4.69) is 25.3 Å². The quantitative estimate of drug-likeness (QED) is 0.395. The Hall–Kier alpha value is -3.83. The van der Waals surface area contributed by atoms with Crippen molar-refractivity contribution >= 4 is 39.9 Å². The van der Waals surface area contributed by atoms with Gasteiger partial charge < -0.3 is 14.1 Å². The first kappa shape index (κ1) is 22.9. The second-order valence-electron chi connectivity index (χ2n) is 7.86. The number of ether oxygens (including phenoxy) is 1. The Balaban J connectivity index is 1.36. The van der Waals surface area contributed by atoms with E-state index in [4.69, 9.17) is 20.8 Å². The Bertz CT molecular complexity index is 1440. The minimum Gasteiger partial charge on any atom is -0.494 e. The van der Waals surface area contributed by atoms with Gasteiger partial charge in [-0.15, -0.1) is 0 Å². The molecule has 0 unspecified atom stereocenters. The van der Waals surface area contributed by atoms with Gasteiger partial charge in [0.25, 0.3) is 11.8 Å². The second kappa shape index (κ2) is 9.08. The number of fused-ring (bicyclic) bond motifs is 1. The second-order valence-corrected chi connectivity index (χ2v) is 9.33. The minimum absolute atomic E-state index is 0.0530. The van der Waals surface area contributed by atoms with E-state index in [1.54, 1.807) is 24.0 Å². The summed E-state index contributed by atoms with van der Waals surface area (Å²) in [4.78, 5) is 45.2. The van der Waals surface area contributed by atoms with Gasteiger partial charge in [-0.1, -0.05) is 22.9 Å². The summed E-state index contributed by atoms with van der Waals surface area (Å²) in [6.07, 6.45) is 4.52. The Labute approximate surface area is 209 Å². The molecule has 1 aliphatic rings. The highest BCUT2D eigenvalue weighted by Gasteiger charge is 2.30. The smallest absolute Gasteiger partial charge is 0.310 e. The van der Waals surface area contributed by atoms with Gasteiger partial charge in [0.05, 0.1) is 48.7 Å². The van der Waals surface area contributed by atoms with Crippen LogP contribution in [0.2, 0.25) is 5.15 Å². The number of hydrogen-bond acceptors (Lipinski definition) is 9. The molecule has 4 aromatic heterocycles. The molecule has 0 atom stereocenters. The van der Waals surface area contributed by atoms with Gasteiger partial charge in [-0.2, -0.15) is 0 Å². The maximum Gasteiger partial charge on any atom is 0.310 e. The zero-order valence-corrected chi connectivity index (χ0v) is 20.5. The highest BCUT2D eigenvalue weighted by molar-refractivity contribution is 7.16. The maximum atomic E-state index is 13.2. The first-order chi connectivity index (χ1) is 16.8. The van der Waals surface area contributed by atoms with Crippen molar-refractivity contribution in [1.29, 1.82) is 0 Å². The van der Waals surface area contributed by atoms with E-state index in [9.17, 15) is 9.59 Å². The first-order valence-electron chi connectivity index (χ1n) is 10.5. The number of amides is 2. The highest BCUT2D eigenvalue weighted by Crippen LogP contribution is 2.35. The first-order valence-corrected chi connectivity index (χ1v) is 11.7. The number of halogens is 1. The number of carbonyl (C=O) groups excluding carboxylic acids is 2. The van der Waals surface area contributed by atoms with Crippen molar-refractivity contribution in [3.05, 3.63) is 69.4 Å². The van der Waals surface area contributed by atoms with Crippen LogP contribution in [0.3, 0.4) is 0 Å². The van der Waals surface area contributed by atoms with E-state index >= 15 is 0 Å². The molecule has 0 saturated carbocycles. The van der Waals surface area contributed by atoms with Crippen molar-refractivity contribution in [2.45, 2.75) is 26.9 Å². The average Bonchev–Trinajstić information content (AvgIpc) is 3.53. The van der Waals surface area contributed by atoms with Crippen molar-refractivity contribution in [3.63, 3.8) is 0 Å². The monoisotopic (exact) mass is 510 g/mol. The molecular weight excluding hydrogens is 492 g/mol. The van der Waals surface area contributed by atoms with Crippen molar-refractivity contribution in [2.24, 2.45) is 0 Å². The Morgan fingerprint density at radius 2 is 1.94 bits per heavy atom. The SMILES string of the molecule is COc1cnc(Cl)cc1-c1cc(C)ncc1C(=O)Nc1nc2c(s1)CN(C(=O)c1ncc(C)o1)C2. The molecular formula is C23H19ClN6O4S. The molecule has 1 aliphatic heterocycles. The Morgan fingerprint density at radius 1 is 1.11 bits per heavy atom. The van der Waals surface area contributed by atoms with Gasteiger partial charge in [0, 0.05) is 23.0 Å². The number of pyridine rings is 2. The van der Waals surface area contributed by atoms with Crippen molar-refractivity contribution in [1.82, 2.24) is 24.8 Å². The third-order valence-electron chi connectivity index (χ3n) is 5.39. The number of oxazole rings is 1. The largest absolute Gasteiger partial charge is 0.494 e. The normalized spacial score (nSPS) is 12.5. The lowest BCUT2D eigenvalue weighted by molar-refractivity contribution is 0.0709. The number of hydrogen-bond donors (Lipinski definition) is 1. The zero-order valence-electron chi connectivity index (χ0n) is 19.0. The van der Waals surface area contributed by atoms with Crippen LogP contribution in [0.15, 0.2) is 35.1 Å². The Morgan fingerprint density at radius 3 is 2.66 bits per heavy atom. The van der Waals surface area contributed by atoms with Crippen LogP contribution in [0.25, 0.3) is 11.1 Å². The fraction of sp³-hybridized carbons (Fsp3) is 0.217. The molecule has 35 heavy (non-hydrogen) atoms. The van der Waals surface area contributed by atoms with Crippen LogP contribution in [0.5, 0.6) is 5.75 Å². The van der Waals surface area contributed by atoms with Crippen LogP contribution < -0.4 is 10.1 Å². The summed E-state index contributed by atoms with van der Waals surface area (Å²) in [5, 5.41) is 3.56. The van der Waals surface area contributed by atoms with E-state index in [-0.39, 0.29) is 22.9 Å². The summed E-state index contributed by atoms with van der Waals surface area (Å²) in [6.45, 7) is 4.24. The van der Waals surface area contributed by atoms with Gasteiger partial charge in [0.1, 0.15) is 16.7 Å². The van der Waals surface area contributed by atoms with Gasteiger partial charge in [0.15, 0.2) is 5.13 Å². The summed E-state index contributed by atoms with van der Waals surface area (Å²) in [6, 6.07) is 3.43. The molecule has 178 valence electrons. The fourth-order valence-electron chi connectivity index (χ4n) is 3.74. The van der Waals surface area contributed by atoms with E-state index in [1.165, 1.54) is 37.0 Å². The molecule has 5 rings (SSSR count). The van der Waals surface area contributed by atoms with Crippen LogP contribution >= 0.6 is 22.9 Å². The number of anilines is 1. The number of carbonyl (C=O) groups is 2. The average molecular weight is 511 g/mol. The lowest BCUT2D eigenvalue weighted by atomic mass is 10.0. The summed E-state index contributed by atoms with van der Waals surface area (Å²) in [7, 11) is 1.52. The van der Waals surface area contributed by atoms with Crippen LogP contribution in [0.1, 0.15) is 43.1 Å². The van der Waals surface area contributed by atoms with Crippen molar-refractivity contribution in [2.75, 3.05) is 12.4 Å². The number of aromatic nitrogens is 4. The molecule has 12 heteroatoms. The van der Waals surface area contributed by atoms with Crippen LogP contribution in [-0.2, 0) is 13.1 Å². The summed E-state index contributed by atoms with van der Waals surface area (Å²) in [5.74, 6) is 0.430. The van der Waals surface area contributed by atoms with Crippen molar-refractivity contribution in [3.8, 4) is 16.9 Å². The molecule has 5 heterocycles. The van der Waals surface area contributed by atoms with Gasteiger partial charge >= 0.3 is 5.91 Å². The third kappa shape index (κ3) is 4.47. The third-order valence-corrected chi connectivity index (χ3v) is 6.60. The number of nitrogens with zero attached hydrogens (tertiary/aromatic N) is 5. The summed E-state index contributed by atoms with van der Waals surface area (Å²) >= 11 is 7.43. The molecule has 0 radical (unpaired) electrons. The topological polar surface area (TPSA) is 123 Å². The van der Waals surface area contributed by atoms with Gasteiger partial charge in [-0.3, -0.25) is 19.9 Å². The van der Waals surface area contributed by atoms with Gasteiger partial charge in [-0.05, 0) is 26.0 Å². The van der Waals surface area contributed by atoms with Crippen LogP contribution in [0.4, 0.5) is 5.13 Å². The van der Waals surface area contributed by atoms with Crippen LogP contribution in [0, 0.1) is 13.8 Å². The number of thiazole rings is 1. The van der Waals surface area contributed by atoms with E-state index in [1.807, 2.05) is 6.92 Å². The molecule has 0 bridgehead atoms. The Kier molecular flexibility index (Phi) is 5.95. The number of rotatable bonds is 5. The molecule has 0 aromatic carbocycles. The molecule has 2 amide bonds. The molecule has 1 N–H and O–H groups in total. The molecule has 10 nitrogen and oxygen atoms in total. The number of nitrogens with one attached hydrogen (secondary N) is 1.